The maximum atomic E-state index is 11.8. The molecule has 0 aliphatic heterocycles. The Morgan fingerprint density at radius 1 is 1.21 bits per heavy atom. The number of phenols is 1. The fourth-order valence-electron chi connectivity index (χ4n) is 1.65. The van der Waals surface area contributed by atoms with Crippen molar-refractivity contribution in [2.24, 2.45) is 0 Å². The molecule has 0 spiro atoms. The molecular formula is C15H12N2O2. The van der Waals surface area contributed by atoms with Gasteiger partial charge in [0.2, 0.25) is 0 Å². The van der Waals surface area contributed by atoms with Crippen LogP contribution in [0.1, 0.15) is 21.5 Å². The van der Waals surface area contributed by atoms with Crippen LogP contribution in [-0.4, -0.2) is 11.0 Å². The van der Waals surface area contributed by atoms with Crippen LogP contribution in [0.3, 0.4) is 0 Å². The van der Waals surface area contributed by atoms with Crippen LogP contribution in [0.5, 0.6) is 5.75 Å². The van der Waals surface area contributed by atoms with E-state index in [-0.39, 0.29) is 11.7 Å². The number of hydrogen-bond acceptors (Lipinski definition) is 3. The van der Waals surface area contributed by atoms with Crippen molar-refractivity contribution in [1.29, 1.82) is 5.26 Å². The van der Waals surface area contributed by atoms with E-state index in [4.69, 9.17) is 10.4 Å². The van der Waals surface area contributed by atoms with Crippen molar-refractivity contribution < 1.29 is 9.90 Å². The SMILES string of the molecule is N#Cc1cccc(CNC(=O)c2ccc(O)cc2)c1. The second kappa shape index (κ2) is 5.69. The van der Waals surface area contributed by atoms with Crippen LogP contribution in [0.4, 0.5) is 0 Å². The largest absolute Gasteiger partial charge is 0.508 e. The molecule has 4 heteroatoms. The highest BCUT2D eigenvalue weighted by Gasteiger charge is 2.05. The van der Waals surface area contributed by atoms with Gasteiger partial charge in [-0.25, -0.2) is 0 Å². The van der Waals surface area contributed by atoms with Crippen molar-refractivity contribution in [3.05, 3.63) is 65.2 Å². The van der Waals surface area contributed by atoms with Gasteiger partial charge >= 0.3 is 0 Å². The van der Waals surface area contributed by atoms with E-state index in [2.05, 4.69) is 11.4 Å². The molecule has 0 fully saturated rings. The summed E-state index contributed by atoms with van der Waals surface area (Å²) in [5, 5.41) is 20.7. The predicted octanol–water partition coefficient (Wildman–Crippen LogP) is 2.19. The van der Waals surface area contributed by atoms with Crippen molar-refractivity contribution >= 4 is 5.91 Å². The van der Waals surface area contributed by atoms with Crippen molar-refractivity contribution in [3.63, 3.8) is 0 Å². The quantitative estimate of drug-likeness (QED) is 0.879. The van der Waals surface area contributed by atoms with Gasteiger partial charge in [-0.2, -0.15) is 5.26 Å². The van der Waals surface area contributed by atoms with E-state index in [0.717, 1.165) is 5.56 Å². The average molecular weight is 252 g/mol. The normalized spacial score (nSPS) is 9.63. The van der Waals surface area contributed by atoms with Gasteiger partial charge in [-0.1, -0.05) is 12.1 Å². The van der Waals surface area contributed by atoms with Gasteiger partial charge in [0.05, 0.1) is 11.6 Å². The number of amides is 1. The zero-order valence-electron chi connectivity index (χ0n) is 10.1. The van der Waals surface area contributed by atoms with E-state index in [1.165, 1.54) is 12.1 Å². The summed E-state index contributed by atoms with van der Waals surface area (Å²) in [6.45, 7) is 0.356. The van der Waals surface area contributed by atoms with Crippen LogP contribution in [-0.2, 0) is 6.54 Å². The van der Waals surface area contributed by atoms with Crippen molar-refractivity contribution in [3.8, 4) is 11.8 Å². The summed E-state index contributed by atoms with van der Waals surface area (Å²) >= 11 is 0. The highest BCUT2D eigenvalue weighted by Crippen LogP contribution is 2.10. The second-order valence-electron chi connectivity index (χ2n) is 4.04. The second-order valence-corrected chi connectivity index (χ2v) is 4.04. The molecule has 0 unspecified atom stereocenters. The molecule has 0 atom stereocenters. The Hall–Kier alpha value is -2.80. The van der Waals surface area contributed by atoms with Crippen molar-refractivity contribution in [1.82, 2.24) is 5.32 Å². The Balaban J connectivity index is 2.00. The molecule has 1 amide bonds. The molecule has 0 heterocycles. The first-order valence-electron chi connectivity index (χ1n) is 5.75. The summed E-state index contributed by atoms with van der Waals surface area (Å²) in [5.41, 5.74) is 1.91. The lowest BCUT2D eigenvalue weighted by molar-refractivity contribution is 0.0951. The van der Waals surface area contributed by atoms with Gasteiger partial charge < -0.3 is 10.4 Å². The van der Waals surface area contributed by atoms with E-state index < -0.39 is 0 Å². The Kier molecular flexibility index (Phi) is 3.79. The number of nitrogens with zero attached hydrogens (tertiary/aromatic N) is 1. The van der Waals surface area contributed by atoms with Gasteiger partial charge in [0, 0.05) is 12.1 Å². The van der Waals surface area contributed by atoms with E-state index in [1.54, 1.807) is 30.3 Å². The third-order valence-corrected chi connectivity index (χ3v) is 2.64. The number of phenolic OH excluding ortho intramolecular Hbond substituents is 1. The van der Waals surface area contributed by atoms with Crippen molar-refractivity contribution in [2.75, 3.05) is 0 Å². The van der Waals surface area contributed by atoms with Gasteiger partial charge in [0.15, 0.2) is 0 Å². The smallest absolute Gasteiger partial charge is 0.251 e. The molecule has 4 nitrogen and oxygen atoms in total. The van der Waals surface area contributed by atoms with Gasteiger partial charge in [-0.3, -0.25) is 4.79 Å². The van der Waals surface area contributed by atoms with Crippen LogP contribution in [0.15, 0.2) is 48.5 Å². The van der Waals surface area contributed by atoms with Gasteiger partial charge in [0.25, 0.3) is 5.91 Å². The number of benzene rings is 2. The molecule has 2 rings (SSSR count). The number of nitriles is 1. The molecule has 2 aromatic carbocycles. The van der Waals surface area contributed by atoms with Gasteiger partial charge in [0.1, 0.15) is 5.75 Å². The van der Waals surface area contributed by atoms with Crippen LogP contribution in [0.2, 0.25) is 0 Å². The summed E-state index contributed by atoms with van der Waals surface area (Å²) < 4.78 is 0. The molecule has 2 N–H and O–H groups in total. The van der Waals surface area contributed by atoms with Crippen LogP contribution >= 0.6 is 0 Å². The Morgan fingerprint density at radius 2 is 1.95 bits per heavy atom. The number of rotatable bonds is 3. The molecule has 0 aromatic heterocycles. The van der Waals surface area contributed by atoms with Gasteiger partial charge in [-0.15, -0.1) is 0 Å². The van der Waals surface area contributed by atoms with Crippen molar-refractivity contribution in [2.45, 2.75) is 6.54 Å². The minimum Gasteiger partial charge on any atom is -0.508 e. The standard InChI is InChI=1S/C15H12N2O2/c16-9-11-2-1-3-12(8-11)10-17-15(19)13-4-6-14(18)7-5-13/h1-8,18H,10H2,(H,17,19). The predicted molar refractivity (Wildman–Crippen MR) is 70.4 cm³/mol. The number of carbonyl (C=O) groups excluding carboxylic acids is 1. The first-order chi connectivity index (χ1) is 9.19. The summed E-state index contributed by atoms with van der Waals surface area (Å²) in [6, 6.07) is 15.2. The van der Waals surface area contributed by atoms with Crippen LogP contribution in [0.25, 0.3) is 0 Å². The third-order valence-electron chi connectivity index (χ3n) is 2.64. The Bertz CT molecular complexity index is 627. The summed E-state index contributed by atoms with van der Waals surface area (Å²) in [5.74, 6) is -0.0966. The number of hydrogen-bond donors (Lipinski definition) is 2. The Morgan fingerprint density at radius 3 is 2.63 bits per heavy atom. The molecule has 0 radical (unpaired) electrons. The highest BCUT2D eigenvalue weighted by atomic mass is 16.3. The zero-order valence-corrected chi connectivity index (χ0v) is 10.1. The fraction of sp³-hybridized carbons (Fsp3) is 0.0667. The minimum atomic E-state index is -0.220. The van der Waals surface area contributed by atoms with Crippen LogP contribution in [0, 0.1) is 11.3 Å². The molecule has 94 valence electrons. The number of carbonyl (C=O) groups is 1. The summed E-state index contributed by atoms with van der Waals surface area (Å²) in [4.78, 5) is 11.8. The van der Waals surface area contributed by atoms with Gasteiger partial charge in [-0.05, 0) is 42.0 Å². The lowest BCUT2D eigenvalue weighted by Crippen LogP contribution is -2.22. The van der Waals surface area contributed by atoms with E-state index in [9.17, 15) is 4.79 Å². The maximum Gasteiger partial charge on any atom is 0.251 e. The highest BCUT2D eigenvalue weighted by molar-refractivity contribution is 5.94. The monoisotopic (exact) mass is 252 g/mol. The lowest BCUT2D eigenvalue weighted by atomic mass is 10.1. The molecule has 0 aliphatic rings. The first-order valence-corrected chi connectivity index (χ1v) is 5.75. The van der Waals surface area contributed by atoms with E-state index >= 15 is 0 Å². The lowest BCUT2D eigenvalue weighted by Gasteiger charge is -2.05. The molecule has 0 aliphatic carbocycles. The fourth-order valence-corrected chi connectivity index (χ4v) is 1.65. The Labute approximate surface area is 110 Å². The minimum absolute atomic E-state index is 0.123. The molecule has 0 bridgehead atoms. The zero-order chi connectivity index (χ0) is 13.7. The summed E-state index contributed by atoms with van der Waals surface area (Å²) in [6.07, 6.45) is 0. The topological polar surface area (TPSA) is 73.1 Å². The average Bonchev–Trinajstić information content (AvgIpc) is 2.46. The third kappa shape index (κ3) is 3.33. The first kappa shape index (κ1) is 12.7. The number of aromatic hydroxyl groups is 1. The van der Waals surface area contributed by atoms with E-state index in [0.29, 0.717) is 17.7 Å². The number of nitrogens with one attached hydrogen (secondary N) is 1. The van der Waals surface area contributed by atoms with Crippen LogP contribution < -0.4 is 5.32 Å². The van der Waals surface area contributed by atoms with E-state index in [1.807, 2.05) is 6.07 Å². The maximum absolute atomic E-state index is 11.8. The molecule has 0 saturated carbocycles. The molecule has 19 heavy (non-hydrogen) atoms. The molecule has 0 saturated heterocycles. The molecular weight excluding hydrogens is 240 g/mol. The summed E-state index contributed by atoms with van der Waals surface area (Å²) in [7, 11) is 0. The molecule has 2 aromatic rings.